The van der Waals surface area contributed by atoms with Gasteiger partial charge >= 0.3 is 0 Å². The van der Waals surface area contributed by atoms with E-state index in [2.05, 4.69) is 40.3 Å². The number of rotatable bonds is 2. The zero-order valence-electron chi connectivity index (χ0n) is 4.94. The molecule has 53 valence electrons. The molecule has 0 N–H and O–H groups in total. The van der Waals surface area contributed by atoms with E-state index in [9.17, 15) is 0 Å². The molecule has 0 aliphatic rings. The summed E-state index contributed by atoms with van der Waals surface area (Å²) in [5.41, 5.74) is 0. The fourth-order valence-electron chi connectivity index (χ4n) is 0.534. The molecule has 0 saturated heterocycles. The number of hydrogen-bond donors (Lipinski definition) is 2. The van der Waals surface area contributed by atoms with Crippen molar-refractivity contribution in [3.8, 4) is 11.5 Å². The van der Waals surface area contributed by atoms with Crippen LogP contribution in [0.4, 0.5) is 0 Å². The normalized spacial score (nSPS) is 9.00. The molecule has 4 heteroatoms. The molecule has 1 rings (SSSR count). The highest BCUT2D eigenvalue weighted by Crippen LogP contribution is 2.19. The molecule has 0 saturated carbocycles. The maximum Gasteiger partial charge on any atom is 0.148 e. The van der Waals surface area contributed by atoms with Crippen LogP contribution in [0.3, 0.4) is 0 Å². The molecule has 1 radical (unpaired) electrons. The van der Waals surface area contributed by atoms with E-state index in [1.54, 1.807) is 18.2 Å². The molecule has 0 bridgehead atoms. The van der Waals surface area contributed by atoms with Crippen LogP contribution in [0.25, 0.3) is 0 Å². The van der Waals surface area contributed by atoms with Crippen molar-refractivity contribution in [3.05, 3.63) is 24.3 Å². The molecule has 0 aliphatic carbocycles. The molecule has 2 nitrogen and oxygen atoms in total. The molecule has 10 heavy (non-hydrogen) atoms. The van der Waals surface area contributed by atoms with Crippen molar-refractivity contribution in [2.75, 3.05) is 0 Å². The first-order valence-corrected chi connectivity index (χ1v) is 3.24. The number of thiol groups is 2. The first kappa shape index (κ1) is 7.63. The summed E-state index contributed by atoms with van der Waals surface area (Å²) in [6.45, 7) is 0. The molecule has 0 heterocycles. The van der Waals surface area contributed by atoms with Gasteiger partial charge in [-0.3, -0.25) is 0 Å². The van der Waals surface area contributed by atoms with Gasteiger partial charge in [0.15, 0.2) is 0 Å². The van der Waals surface area contributed by atoms with Gasteiger partial charge in [0.1, 0.15) is 11.5 Å². The van der Waals surface area contributed by atoms with Crippen LogP contribution in [-0.2, 0) is 0 Å². The molecule has 0 fully saturated rings. The van der Waals surface area contributed by atoms with E-state index in [0.717, 1.165) is 0 Å². The van der Waals surface area contributed by atoms with E-state index in [1.807, 2.05) is 0 Å². The maximum atomic E-state index is 4.62. The van der Waals surface area contributed by atoms with Gasteiger partial charge in [0, 0.05) is 38.0 Å². The van der Waals surface area contributed by atoms with Gasteiger partial charge in [0.25, 0.3) is 0 Å². The van der Waals surface area contributed by atoms with Gasteiger partial charge in [-0.2, -0.15) is 0 Å². The molecular weight excluding hydrogens is 168 g/mol. The van der Waals surface area contributed by atoms with Crippen molar-refractivity contribution < 1.29 is 8.37 Å². The second-order valence-electron chi connectivity index (χ2n) is 1.57. The van der Waals surface area contributed by atoms with Gasteiger partial charge in [-0.25, -0.2) is 0 Å². The summed E-state index contributed by atoms with van der Waals surface area (Å²) in [5.74, 6) is 1.11. The third-order valence-corrected chi connectivity index (χ3v) is 1.36. The van der Waals surface area contributed by atoms with E-state index in [4.69, 9.17) is 0 Å². The lowest BCUT2D eigenvalue weighted by Crippen LogP contribution is -1.77. The summed E-state index contributed by atoms with van der Waals surface area (Å²) in [5, 5.41) is 0. The van der Waals surface area contributed by atoms with Crippen LogP contribution in [0.1, 0.15) is 0 Å². The third kappa shape index (κ3) is 1.75. The van der Waals surface area contributed by atoms with E-state index in [-0.39, 0.29) is 0 Å². The number of hydrogen-bond acceptors (Lipinski definition) is 4. The minimum Gasteiger partial charge on any atom is -0.429 e. The van der Waals surface area contributed by atoms with E-state index < -0.39 is 0 Å². The SMILES string of the molecule is SOc1[c]ccc(OS)c1. The summed E-state index contributed by atoms with van der Waals surface area (Å²) >= 11 is 7.19. The molecule has 0 aliphatic heterocycles. The Kier molecular flexibility index (Phi) is 2.77. The zero-order valence-corrected chi connectivity index (χ0v) is 6.73. The van der Waals surface area contributed by atoms with Gasteiger partial charge in [0.05, 0.1) is 0 Å². The summed E-state index contributed by atoms with van der Waals surface area (Å²) in [4.78, 5) is 0. The zero-order chi connectivity index (χ0) is 7.40. The average molecular weight is 173 g/mol. The molecular formula is C6H5O2S2. The summed E-state index contributed by atoms with van der Waals surface area (Å²) in [7, 11) is 0. The van der Waals surface area contributed by atoms with Crippen molar-refractivity contribution in [2.24, 2.45) is 0 Å². The van der Waals surface area contributed by atoms with E-state index >= 15 is 0 Å². The van der Waals surface area contributed by atoms with Crippen LogP contribution in [0.5, 0.6) is 11.5 Å². The third-order valence-electron chi connectivity index (χ3n) is 0.950. The minimum absolute atomic E-state index is 0.509. The minimum atomic E-state index is 0.509. The quantitative estimate of drug-likeness (QED) is 0.526. The topological polar surface area (TPSA) is 18.5 Å². The van der Waals surface area contributed by atoms with Crippen molar-refractivity contribution in [1.29, 1.82) is 0 Å². The Morgan fingerprint density at radius 1 is 1.30 bits per heavy atom. The molecule has 1 aromatic carbocycles. The summed E-state index contributed by atoms with van der Waals surface area (Å²) in [6.07, 6.45) is 0. The fourth-order valence-corrected chi connectivity index (χ4v) is 0.753. The maximum absolute atomic E-state index is 4.62. The second-order valence-corrected chi connectivity index (χ2v) is 1.94. The van der Waals surface area contributed by atoms with Gasteiger partial charge in [-0.05, 0) is 12.1 Å². The Bertz CT molecular complexity index is 195. The molecule has 1 aromatic rings. The second kappa shape index (κ2) is 3.63. The Morgan fingerprint density at radius 2 is 2.10 bits per heavy atom. The number of benzene rings is 1. The molecule has 0 amide bonds. The Morgan fingerprint density at radius 3 is 2.70 bits per heavy atom. The predicted octanol–water partition coefficient (Wildman–Crippen LogP) is 1.93. The van der Waals surface area contributed by atoms with Crippen molar-refractivity contribution in [3.63, 3.8) is 0 Å². The Hall–Kier alpha value is -0.480. The molecule has 0 unspecified atom stereocenters. The predicted molar refractivity (Wildman–Crippen MR) is 44.5 cm³/mol. The van der Waals surface area contributed by atoms with E-state index in [0.29, 0.717) is 11.5 Å². The van der Waals surface area contributed by atoms with Gasteiger partial charge < -0.3 is 8.37 Å². The van der Waals surface area contributed by atoms with Crippen molar-refractivity contribution in [2.45, 2.75) is 0 Å². The lowest BCUT2D eigenvalue weighted by atomic mass is 10.3. The lowest BCUT2D eigenvalue weighted by Gasteiger charge is -1.98. The monoisotopic (exact) mass is 173 g/mol. The van der Waals surface area contributed by atoms with Crippen LogP contribution < -0.4 is 8.37 Å². The smallest absolute Gasteiger partial charge is 0.148 e. The summed E-state index contributed by atoms with van der Waals surface area (Å²) < 4.78 is 9.20. The molecule has 0 atom stereocenters. The standard InChI is InChI=1S/C6H5O2S2/c9-7-5-2-1-3-6(4-5)8-10/h1-2,4,9-10H. The van der Waals surface area contributed by atoms with Gasteiger partial charge in [0.2, 0.25) is 0 Å². The largest absolute Gasteiger partial charge is 0.429 e. The van der Waals surface area contributed by atoms with Crippen LogP contribution in [-0.4, -0.2) is 0 Å². The van der Waals surface area contributed by atoms with Crippen molar-refractivity contribution in [1.82, 2.24) is 0 Å². The Labute approximate surface area is 70.4 Å². The Balaban J connectivity index is 2.87. The fraction of sp³-hybridized carbons (Fsp3) is 0. The first-order chi connectivity index (χ1) is 4.86. The van der Waals surface area contributed by atoms with E-state index in [1.165, 1.54) is 0 Å². The lowest BCUT2D eigenvalue weighted by molar-refractivity contribution is 0.628. The van der Waals surface area contributed by atoms with Crippen LogP contribution in [0, 0.1) is 6.07 Å². The van der Waals surface area contributed by atoms with Crippen molar-refractivity contribution >= 4 is 25.8 Å². The highest BCUT2D eigenvalue weighted by atomic mass is 32.1. The summed E-state index contributed by atoms with van der Waals surface area (Å²) in [6, 6.07) is 7.78. The highest BCUT2D eigenvalue weighted by Gasteiger charge is 1.93. The van der Waals surface area contributed by atoms with Gasteiger partial charge in [-0.1, -0.05) is 0 Å². The van der Waals surface area contributed by atoms with Gasteiger partial charge in [-0.15, -0.1) is 0 Å². The van der Waals surface area contributed by atoms with Crippen LogP contribution in [0.2, 0.25) is 0 Å². The average Bonchev–Trinajstić information content (AvgIpc) is 2.05. The molecule has 0 aromatic heterocycles. The first-order valence-electron chi connectivity index (χ1n) is 2.51. The van der Waals surface area contributed by atoms with Crippen LogP contribution >= 0.6 is 25.8 Å². The highest BCUT2D eigenvalue weighted by molar-refractivity contribution is 7.75. The molecule has 0 spiro atoms. The van der Waals surface area contributed by atoms with Crippen LogP contribution in [0.15, 0.2) is 18.2 Å².